The summed E-state index contributed by atoms with van der Waals surface area (Å²) in [5, 5.41) is 2.57. The summed E-state index contributed by atoms with van der Waals surface area (Å²) < 4.78 is 0. The van der Waals surface area contributed by atoms with E-state index >= 15 is 0 Å². The van der Waals surface area contributed by atoms with Crippen LogP contribution in [-0.4, -0.2) is 18.4 Å². The van der Waals surface area contributed by atoms with Gasteiger partial charge in [0.2, 0.25) is 5.91 Å². The lowest BCUT2D eigenvalue weighted by Gasteiger charge is -2.03. The number of hydrogen-bond donors (Lipinski definition) is 3. The predicted molar refractivity (Wildman–Crippen MR) is 57.0 cm³/mol. The zero-order chi connectivity index (χ0) is 11.3. The molecule has 5 N–H and O–H groups in total. The van der Waals surface area contributed by atoms with E-state index in [0.29, 0.717) is 11.3 Å². The van der Waals surface area contributed by atoms with E-state index in [0.717, 1.165) is 0 Å². The molecule has 0 aliphatic heterocycles. The molecule has 0 fully saturated rings. The molecule has 0 aliphatic rings. The van der Waals surface area contributed by atoms with Crippen LogP contribution in [0.5, 0.6) is 0 Å². The molecule has 2 amide bonds. The number of benzene rings is 1. The van der Waals surface area contributed by atoms with Gasteiger partial charge in [0, 0.05) is 24.2 Å². The standard InChI is InChI=1S/C10H13N3O2/c11-8-3-1-7(2-4-8)10(15)13-6-5-9(12)14/h1-4H,5-6,11H2,(H2,12,14)(H,13,15). The SMILES string of the molecule is NC(=O)CCNC(=O)c1ccc(N)cc1. The Hall–Kier alpha value is -2.04. The van der Waals surface area contributed by atoms with Crippen LogP contribution in [0.2, 0.25) is 0 Å². The van der Waals surface area contributed by atoms with E-state index in [1.54, 1.807) is 24.3 Å². The molecule has 0 saturated carbocycles. The van der Waals surface area contributed by atoms with E-state index < -0.39 is 5.91 Å². The maximum atomic E-state index is 11.4. The highest BCUT2D eigenvalue weighted by molar-refractivity contribution is 5.94. The fraction of sp³-hybridized carbons (Fsp3) is 0.200. The number of anilines is 1. The summed E-state index contributed by atoms with van der Waals surface area (Å²) >= 11 is 0. The largest absolute Gasteiger partial charge is 0.399 e. The summed E-state index contributed by atoms with van der Waals surface area (Å²) in [4.78, 5) is 21.8. The van der Waals surface area contributed by atoms with Crippen molar-refractivity contribution >= 4 is 17.5 Å². The Morgan fingerprint density at radius 2 is 1.80 bits per heavy atom. The molecular formula is C10H13N3O2. The van der Waals surface area contributed by atoms with E-state index in [9.17, 15) is 9.59 Å². The van der Waals surface area contributed by atoms with Crippen LogP contribution in [0.4, 0.5) is 5.69 Å². The van der Waals surface area contributed by atoms with Gasteiger partial charge < -0.3 is 16.8 Å². The lowest BCUT2D eigenvalue weighted by molar-refractivity contribution is -0.117. The predicted octanol–water partition coefficient (Wildman–Crippen LogP) is -0.126. The van der Waals surface area contributed by atoms with E-state index in [2.05, 4.69) is 5.32 Å². The van der Waals surface area contributed by atoms with Crippen LogP contribution in [0.15, 0.2) is 24.3 Å². The fourth-order valence-corrected chi connectivity index (χ4v) is 1.04. The van der Waals surface area contributed by atoms with Crippen molar-refractivity contribution in [1.29, 1.82) is 0 Å². The van der Waals surface area contributed by atoms with Crippen molar-refractivity contribution < 1.29 is 9.59 Å². The Kier molecular flexibility index (Phi) is 3.68. The molecular weight excluding hydrogens is 194 g/mol. The molecule has 0 spiro atoms. The lowest BCUT2D eigenvalue weighted by atomic mass is 10.2. The minimum absolute atomic E-state index is 0.140. The minimum Gasteiger partial charge on any atom is -0.399 e. The molecule has 5 nitrogen and oxygen atoms in total. The van der Waals surface area contributed by atoms with Gasteiger partial charge in [-0.1, -0.05) is 0 Å². The molecule has 80 valence electrons. The Morgan fingerprint density at radius 1 is 1.20 bits per heavy atom. The molecule has 0 heterocycles. The van der Waals surface area contributed by atoms with Gasteiger partial charge in [-0.3, -0.25) is 9.59 Å². The maximum Gasteiger partial charge on any atom is 0.251 e. The zero-order valence-electron chi connectivity index (χ0n) is 8.19. The Labute approximate surface area is 87.4 Å². The first-order chi connectivity index (χ1) is 7.09. The van der Waals surface area contributed by atoms with Crippen LogP contribution in [0.1, 0.15) is 16.8 Å². The number of nitrogen functional groups attached to an aromatic ring is 1. The molecule has 0 atom stereocenters. The zero-order valence-corrected chi connectivity index (χ0v) is 8.19. The summed E-state index contributed by atoms with van der Waals surface area (Å²) in [7, 11) is 0. The average molecular weight is 207 g/mol. The van der Waals surface area contributed by atoms with Crippen molar-refractivity contribution in [3.05, 3.63) is 29.8 Å². The van der Waals surface area contributed by atoms with Crippen molar-refractivity contribution in [3.63, 3.8) is 0 Å². The normalized spacial score (nSPS) is 9.60. The molecule has 0 radical (unpaired) electrons. The number of amides is 2. The lowest BCUT2D eigenvalue weighted by Crippen LogP contribution is -2.27. The highest BCUT2D eigenvalue weighted by Crippen LogP contribution is 2.04. The van der Waals surface area contributed by atoms with Gasteiger partial charge in [-0.15, -0.1) is 0 Å². The second-order valence-electron chi connectivity index (χ2n) is 3.09. The van der Waals surface area contributed by atoms with Gasteiger partial charge >= 0.3 is 0 Å². The number of carbonyl (C=O) groups excluding carboxylic acids is 2. The number of nitrogens with one attached hydrogen (secondary N) is 1. The van der Waals surface area contributed by atoms with Gasteiger partial charge in [0.15, 0.2) is 0 Å². The molecule has 15 heavy (non-hydrogen) atoms. The summed E-state index contributed by atoms with van der Waals surface area (Å²) in [6.45, 7) is 0.249. The number of rotatable bonds is 4. The molecule has 0 saturated heterocycles. The third-order valence-electron chi connectivity index (χ3n) is 1.83. The molecule has 1 rings (SSSR count). The molecule has 1 aromatic carbocycles. The van der Waals surface area contributed by atoms with Crippen molar-refractivity contribution in [2.75, 3.05) is 12.3 Å². The molecule has 0 unspecified atom stereocenters. The first-order valence-electron chi connectivity index (χ1n) is 4.51. The summed E-state index contributed by atoms with van der Waals surface area (Å²) in [5.41, 5.74) is 11.5. The molecule has 0 aliphatic carbocycles. The fourth-order valence-electron chi connectivity index (χ4n) is 1.04. The summed E-state index contributed by atoms with van der Waals surface area (Å²) in [6.07, 6.45) is 0.140. The molecule has 1 aromatic rings. The van der Waals surface area contributed by atoms with E-state index in [1.807, 2.05) is 0 Å². The second kappa shape index (κ2) is 4.99. The molecule has 5 heteroatoms. The van der Waals surface area contributed by atoms with Crippen molar-refractivity contribution in [2.45, 2.75) is 6.42 Å². The van der Waals surface area contributed by atoms with Crippen molar-refractivity contribution in [3.8, 4) is 0 Å². The number of nitrogens with two attached hydrogens (primary N) is 2. The third-order valence-corrected chi connectivity index (χ3v) is 1.83. The van der Waals surface area contributed by atoms with E-state index in [4.69, 9.17) is 11.5 Å². The van der Waals surface area contributed by atoms with Gasteiger partial charge in [0.05, 0.1) is 0 Å². The summed E-state index contributed by atoms with van der Waals surface area (Å²) in [6, 6.07) is 6.52. The van der Waals surface area contributed by atoms with Gasteiger partial charge in [-0.05, 0) is 24.3 Å². The highest BCUT2D eigenvalue weighted by atomic mass is 16.2. The number of carbonyl (C=O) groups is 2. The van der Waals surface area contributed by atoms with Crippen LogP contribution in [0, 0.1) is 0 Å². The molecule has 0 bridgehead atoms. The Bertz CT molecular complexity index is 359. The van der Waals surface area contributed by atoms with Crippen LogP contribution in [0.3, 0.4) is 0 Å². The van der Waals surface area contributed by atoms with Gasteiger partial charge in [0.25, 0.3) is 5.91 Å². The van der Waals surface area contributed by atoms with Crippen LogP contribution >= 0.6 is 0 Å². The monoisotopic (exact) mass is 207 g/mol. The van der Waals surface area contributed by atoms with Gasteiger partial charge in [-0.2, -0.15) is 0 Å². The third kappa shape index (κ3) is 3.68. The Balaban J connectivity index is 2.47. The van der Waals surface area contributed by atoms with Crippen molar-refractivity contribution in [1.82, 2.24) is 5.32 Å². The van der Waals surface area contributed by atoms with Crippen LogP contribution in [-0.2, 0) is 4.79 Å². The van der Waals surface area contributed by atoms with E-state index in [1.165, 1.54) is 0 Å². The maximum absolute atomic E-state index is 11.4. The quantitative estimate of drug-likeness (QED) is 0.600. The summed E-state index contributed by atoms with van der Waals surface area (Å²) in [5.74, 6) is -0.677. The first kappa shape index (κ1) is 11.0. The van der Waals surface area contributed by atoms with Crippen LogP contribution < -0.4 is 16.8 Å². The number of primary amides is 1. The van der Waals surface area contributed by atoms with Crippen LogP contribution in [0.25, 0.3) is 0 Å². The Morgan fingerprint density at radius 3 is 2.33 bits per heavy atom. The topological polar surface area (TPSA) is 98.2 Å². The molecule has 0 aromatic heterocycles. The smallest absolute Gasteiger partial charge is 0.251 e. The second-order valence-corrected chi connectivity index (χ2v) is 3.09. The number of hydrogen-bond acceptors (Lipinski definition) is 3. The van der Waals surface area contributed by atoms with E-state index in [-0.39, 0.29) is 18.9 Å². The first-order valence-corrected chi connectivity index (χ1v) is 4.51. The van der Waals surface area contributed by atoms with Crippen molar-refractivity contribution in [2.24, 2.45) is 5.73 Å². The average Bonchev–Trinajstić information content (AvgIpc) is 2.18. The minimum atomic E-state index is -0.437. The van der Waals surface area contributed by atoms with Gasteiger partial charge in [0.1, 0.15) is 0 Å². The van der Waals surface area contributed by atoms with Gasteiger partial charge in [-0.25, -0.2) is 0 Å². The highest BCUT2D eigenvalue weighted by Gasteiger charge is 2.04.